The van der Waals surface area contributed by atoms with Crippen LogP contribution in [-0.2, 0) is 24.7 Å². The van der Waals surface area contributed by atoms with Crippen molar-refractivity contribution in [2.24, 2.45) is 7.05 Å². The first kappa shape index (κ1) is 13.1. The molecule has 1 aromatic carbocycles. The molecular weight excluding hydrogens is 271 g/mol. The minimum atomic E-state index is 0.0814. The molecule has 0 radical (unpaired) electrons. The lowest BCUT2D eigenvalue weighted by Crippen LogP contribution is -2.07. The van der Waals surface area contributed by atoms with Crippen molar-refractivity contribution in [2.45, 2.75) is 12.8 Å². The van der Waals surface area contributed by atoms with Gasteiger partial charge in [0.2, 0.25) is 0 Å². The van der Waals surface area contributed by atoms with Crippen molar-refractivity contribution in [2.75, 3.05) is 0 Å². The number of ketones is 1. The third-order valence-electron chi connectivity index (χ3n) is 2.55. The first-order valence-corrected chi connectivity index (χ1v) is 6.24. The number of Topliss-reactive ketones (excluding diaryl/α,β-unsaturated/α-hetero) is 1. The summed E-state index contributed by atoms with van der Waals surface area (Å²) in [5.74, 6) is 0.0814. The van der Waals surface area contributed by atoms with E-state index >= 15 is 0 Å². The second-order valence-electron chi connectivity index (χ2n) is 4.11. The molecule has 1 heterocycles. The zero-order valence-electron chi connectivity index (χ0n) is 9.86. The highest BCUT2D eigenvalue weighted by Crippen LogP contribution is 2.21. The third-order valence-corrected chi connectivity index (χ3v) is 3.14. The van der Waals surface area contributed by atoms with Gasteiger partial charge in [0.15, 0.2) is 0 Å². The Morgan fingerprint density at radius 3 is 2.67 bits per heavy atom. The van der Waals surface area contributed by atoms with Crippen LogP contribution < -0.4 is 0 Å². The predicted molar refractivity (Wildman–Crippen MR) is 72.1 cm³/mol. The number of rotatable bonds is 4. The van der Waals surface area contributed by atoms with Crippen LogP contribution in [0, 0.1) is 0 Å². The first-order chi connectivity index (χ1) is 8.54. The quantitative estimate of drug-likeness (QED) is 0.864. The highest BCUT2D eigenvalue weighted by Gasteiger charge is 2.10. The largest absolute Gasteiger partial charge is 0.299 e. The smallest absolute Gasteiger partial charge is 0.143 e. The van der Waals surface area contributed by atoms with Gasteiger partial charge in [-0.25, -0.2) is 0 Å². The van der Waals surface area contributed by atoms with E-state index < -0.39 is 0 Å². The minimum absolute atomic E-state index is 0.0814. The molecular formula is C13H12Cl2N2O. The molecule has 1 aromatic heterocycles. The number of benzene rings is 1. The molecule has 18 heavy (non-hydrogen) atoms. The summed E-state index contributed by atoms with van der Waals surface area (Å²) in [5.41, 5.74) is 1.56. The number of aryl methyl sites for hydroxylation is 1. The normalized spacial score (nSPS) is 10.6. The Hall–Kier alpha value is -1.32. The van der Waals surface area contributed by atoms with Crippen LogP contribution in [0.3, 0.4) is 0 Å². The number of nitrogens with zero attached hydrogens (tertiary/aromatic N) is 2. The van der Waals surface area contributed by atoms with Gasteiger partial charge in [-0.05, 0) is 23.8 Å². The van der Waals surface area contributed by atoms with Crippen LogP contribution >= 0.6 is 23.2 Å². The second kappa shape index (κ2) is 5.55. The van der Waals surface area contributed by atoms with Gasteiger partial charge in [0.25, 0.3) is 0 Å². The molecule has 0 atom stereocenters. The number of halogens is 2. The zero-order chi connectivity index (χ0) is 13.1. The van der Waals surface area contributed by atoms with Crippen LogP contribution in [0.25, 0.3) is 0 Å². The van der Waals surface area contributed by atoms with Crippen LogP contribution in [0.15, 0.2) is 30.5 Å². The van der Waals surface area contributed by atoms with Crippen LogP contribution in [0.1, 0.15) is 11.3 Å². The summed E-state index contributed by atoms with van der Waals surface area (Å²) in [6, 6.07) is 6.99. The van der Waals surface area contributed by atoms with Crippen molar-refractivity contribution >= 4 is 29.0 Å². The van der Waals surface area contributed by atoms with E-state index in [0.717, 1.165) is 11.3 Å². The molecule has 2 rings (SSSR count). The molecule has 0 aliphatic carbocycles. The van der Waals surface area contributed by atoms with E-state index in [-0.39, 0.29) is 5.78 Å². The number of hydrogen-bond donors (Lipinski definition) is 0. The van der Waals surface area contributed by atoms with Gasteiger partial charge in [-0.3, -0.25) is 9.48 Å². The van der Waals surface area contributed by atoms with Crippen molar-refractivity contribution in [3.63, 3.8) is 0 Å². The van der Waals surface area contributed by atoms with Crippen molar-refractivity contribution in [1.29, 1.82) is 0 Å². The fourth-order valence-electron chi connectivity index (χ4n) is 1.70. The number of aromatic nitrogens is 2. The highest BCUT2D eigenvalue weighted by atomic mass is 35.5. The van der Waals surface area contributed by atoms with E-state index in [2.05, 4.69) is 5.10 Å². The van der Waals surface area contributed by atoms with Gasteiger partial charge in [-0.1, -0.05) is 29.3 Å². The summed E-state index contributed by atoms with van der Waals surface area (Å²) < 4.78 is 1.68. The van der Waals surface area contributed by atoms with Gasteiger partial charge < -0.3 is 0 Å². The number of carbonyl (C=O) groups is 1. The summed E-state index contributed by atoms with van der Waals surface area (Å²) in [5, 5.41) is 5.27. The standard InChI is InChI=1S/C13H12Cl2N2O/c1-17-5-4-11(16-17)8-12(18)6-9-2-3-10(14)7-13(9)15/h2-5,7H,6,8H2,1H3. The molecule has 0 N–H and O–H groups in total. The van der Waals surface area contributed by atoms with E-state index in [1.165, 1.54) is 0 Å². The van der Waals surface area contributed by atoms with Crippen molar-refractivity contribution in [1.82, 2.24) is 9.78 Å². The fourth-order valence-corrected chi connectivity index (χ4v) is 2.17. The van der Waals surface area contributed by atoms with Crippen molar-refractivity contribution in [3.05, 3.63) is 51.8 Å². The topological polar surface area (TPSA) is 34.9 Å². The van der Waals surface area contributed by atoms with E-state index in [0.29, 0.717) is 22.9 Å². The van der Waals surface area contributed by atoms with Gasteiger partial charge in [-0.2, -0.15) is 5.10 Å². The summed E-state index contributed by atoms with van der Waals surface area (Å²) >= 11 is 11.8. The summed E-state index contributed by atoms with van der Waals surface area (Å²) in [4.78, 5) is 11.9. The van der Waals surface area contributed by atoms with E-state index in [4.69, 9.17) is 23.2 Å². The Kier molecular flexibility index (Phi) is 4.04. The van der Waals surface area contributed by atoms with Gasteiger partial charge in [0, 0.05) is 29.7 Å². The second-order valence-corrected chi connectivity index (χ2v) is 4.95. The maximum atomic E-state index is 11.9. The SMILES string of the molecule is Cn1ccc(CC(=O)Cc2ccc(Cl)cc2Cl)n1. The predicted octanol–water partition coefficient (Wildman–Crippen LogP) is 3.08. The summed E-state index contributed by atoms with van der Waals surface area (Å²) in [6.07, 6.45) is 2.43. The molecule has 5 heteroatoms. The molecule has 0 saturated carbocycles. The number of carbonyl (C=O) groups excluding carboxylic acids is 1. The van der Waals surface area contributed by atoms with Crippen LogP contribution in [0.4, 0.5) is 0 Å². The zero-order valence-corrected chi connectivity index (χ0v) is 11.4. The van der Waals surface area contributed by atoms with Crippen LogP contribution in [-0.4, -0.2) is 15.6 Å². The maximum absolute atomic E-state index is 11.9. The van der Waals surface area contributed by atoms with Crippen molar-refractivity contribution < 1.29 is 4.79 Å². The molecule has 0 fully saturated rings. The Bertz CT molecular complexity index is 578. The molecule has 94 valence electrons. The number of hydrogen-bond acceptors (Lipinski definition) is 2. The van der Waals surface area contributed by atoms with E-state index in [9.17, 15) is 4.79 Å². The molecule has 0 aliphatic heterocycles. The Labute approximate surface area is 115 Å². The van der Waals surface area contributed by atoms with E-state index in [1.807, 2.05) is 19.3 Å². The lowest BCUT2D eigenvalue weighted by molar-refractivity contribution is -0.117. The van der Waals surface area contributed by atoms with Crippen LogP contribution in [0.5, 0.6) is 0 Å². The molecule has 0 saturated heterocycles. The monoisotopic (exact) mass is 282 g/mol. The molecule has 0 aliphatic rings. The van der Waals surface area contributed by atoms with Gasteiger partial charge in [-0.15, -0.1) is 0 Å². The van der Waals surface area contributed by atoms with Crippen molar-refractivity contribution in [3.8, 4) is 0 Å². The molecule has 0 bridgehead atoms. The third kappa shape index (κ3) is 3.34. The average Bonchev–Trinajstić information content (AvgIpc) is 2.68. The van der Waals surface area contributed by atoms with Crippen LogP contribution in [0.2, 0.25) is 10.0 Å². The molecule has 2 aromatic rings. The van der Waals surface area contributed by atoms with Gasteiger partial charge >= 0.3 is 0 Å². The summed E-state index contributed by atoms with van der Waals surface area (Å²) in [6.45, 7) is 0. The lowest BCUT2D eigenvalue weighted by atomic mass is 10.1. The first-order valence-electron chi connectivity index (χ1n) is 5.49. The molecule has 3 nitrogen and oxygen atoms in total. The van der Waals surface area contributed by atoms with Gasteiger partial charge in [0.1, 0.15) is 5.78 Å². The Morgan fingerprint density at radius 1 is 1.28 bits per heavy atom. The molecule has 0 spiro atoms. The van der Waals surface area contributed by atoms with Gasteiger partial charge in [0.05, 0.1) is 12.1 Å². The Balaban J connectivity index is 2.03. The van der Waals surface area contributed by atoms with E-state index in [1.54, 1.807) is 22.9 Å². The minimum Gasteiger partial charge on any atom is -0.299 e. The summed E-state index contributed by atoms with van der Waals surface area (Å²) in [7, 11) is 1.82. The maximum Gasteiger partial charge on any atom is 0.143 e. The Morgan fingerprint density at radius 2 is 2.06 bits per heavy atom. The molecule has 0 amide bonds. The average molecular weight is 283 g/mol. The fraction of sp³-hybridized carbons (Fsp3) is 0.231. The molecule has 0 unspecified atom stereocenters. The highest BCUT2D eigenvalue weighted by molar-refractivity contribution is 6.35. The lowest BCUT2D eigenvalue weighted by Gasteiger charge is -2.03.